The maximum atomic E-state index is 14.9. The molecule has 6 rings (SSSR count). The van der Waals surface area contributed by atoms with Crippen molar-refractivity contribution in [2.75, 3.05) is 6.54 Å². The van der Waals surface area contributed by atoms with E-state index in [4.69, 9.17) is 0 Å². The Morgan fingerprint density at radius 1 is 1.24 bits per heavy atom. The minimum atomic E-state index is -3.20. The Kier molecular flexibility index (Phi) is 6.33. The standard InChI is InChI=1S/C25H25F4N5O3/c26-21(27)15-2-1-3-18-16(15)9-19(33-18)24(37)34-14-4-5-17(25(28,29)10-14)20(34)23(36)32-13(11-30)8-12-6-7-31-22(12)35/h1-3,9,12-14,17,20-21,33H,4-8,10H2,(H,31,35)(H,32,36)/t12-,13-,14-,17-,20+/m0/s1. The van der Waals surface area contributed by atoms with Gasteiger partial charge in [-0.05, 0) is 37.8 Å². The zero-order chi connectivity index (χ0) is 26.5. The molecular formula is C25H25F4N5O3. The van der Waals surface area contributed by atoms with Crippen LogP contribution in [0.25, 0.3) is 10.9 Å². The number of hydrogen-bond donors (Lipinski definition) is 3. The maximum Gasteiger partial charge on any atom is 0.271 e. The number of carbonyl (C=O) groups is 3. The van der Waals surface area contributed by atoms with Gasteiger partial charge in [0.05, 0.1) is 12.0 Å². The number of benzene rings is 1. The van der Waals surface area contributed by atoms with Gasteiger partial charge in [0.15, 0.2) is 0 Å². The Labute approximate surface area is 209 Å². The Bertz CT molecular complexity index is 1290. The molecule has 1 saturated carbocycles. The Hall–Kier alpha value is -3.62. The number of alkyl halides is 4. The molecule has 0 unspecified atom stereocenters. The first-order valence-corrected chi connectivity index (χ1v) is 12.2. The molecule has 1 aromatic carbocycles. The predicted octanol–water partition coefficient (Wildman–Crippen LogP) is 3.27. The number of hydrogen-bond acceptors (Lipinski definition) is 4. The highest BCUT2D eigenvalue weighted by atomic mass is 19.3. The van der Waals surface area contributed by atoms with Crippen molar-refractivity contribution in [3.63, 3.8) is 0 Å². The van der Waals surface area contributed by atoms with Gasteiger partial charge in [-0.1, -0.05) is 12.1 Å². The summed E-state index contributed by atoms with van der Waals surface area (Å²) < 4.78 is 56.8. The average molecular weight is 519 g/mol. The van der Waals surface area contributed by atoms with Crippen LogP contribution in [0.4, 0.5) is 17.6 Å². The van der Waals surface area contributed by atoms with Crippen LogP contribution in [-0.4, -0.2) is 58.2 Å². The van der Waals surface area contributed by atoms with Crippen LogP contribution >= 0.6 is 0 Å². The highest BCUT2D eigenvalue weighted by Crippen LogP contribution is 2.49. The van der Waals surface area contributed by atoms with Gasteiger partial charge in [0, 0.05) is 41.4 Å². The molecule has 0 radical (unpaired) electrons. The fraction of sp³-hybridized carbons (Fsp3) is 0.520. The van der Waals surface area contributed by atoms with Gasteiger partial charge in [-0.3, -0.25) is 14.4 Å². The van der Waals surface area contributed by atoms with Crippen molar-refractivity contribution in [2.24, 2.45) is 11.8 Å². The second kappa shape index (κ2) is 9.36. The van der Waals surface area contributed by atoms with Crippen LogP contribution in [0.5, 0.6) is 0 Å². The van der Waals surface area contributed by atoms with E-state index in [2.05, 4.69) is 15.6 Å². The molecule has 1 aliphatic carbocycles. The lowest BCUT2D eigenvalue weighted by Gasteiger charge is -2.53. The third-order valence-electron chi connectivity index (χ3n) is 7.76. The third-order valence-corrected chi connectivity index (χ3v) is 7.76. The molecule has 1 aromatic heterocycles. The number of nitriles is 1. The monoisotopic (exact) mass is 519 g/mol. The Balaban J connectivity index is 1.44. The second-order valence-electron chi connectivity index (χ2n) is 9.95. The van der Waals surface area contributed by atoms with Crippen LogP contribution in [0.1, 0.15) is 54.6 Å². The number of nitrogens with zero attached hydrogens (tertiary/aromatic N) is 2. The molecule has 3 N–H and O–H groups in total. The summed E-state index contributed by atoms with van der Waals surface area (Å²) in [4.78, 5) is 42.8. The predicted molar refractivity (Wildman–Crippen MR) is 123 cm³/mol. The van der Waals surface area contributed by atoms with Gasteiger partial charge in [-0.25, -0.2) is 17.6 Å². The summed E-state index contributed by atoms with van der Waals surface area (Å²) in [5.41, 5.74) is -0.0770. The summed E-state index contributed by atoms with van der Waals surface area (Å²) in [6.07, 6.45) is -2.59. The van der Waals surface area contributed by atoms with E-state index in [1.165, 1.54) is 24.3 Å². The highest BCUT2D eigenvalue weighted by Gasteiger charge is 2.60. The number of fused-ring (bicyclic) bond motifs is 4. The molecule has 4 aliphatic rings. The molecule has 0 spiro atoms. The number of rotatable bonds is 6. The molecule has 5 atom stereocenters. The van der Waals surface area contributed by atoms with Crippen molar-refractivity contribution in [3.05, 3.63) is 35.5 Å². The molecule has 12 heteroatoms. The van der Waals surface area contributed by atoms with Gasteiger partial charge in [0.2, 0.25) is 11.8 Å². The zero-order valence-corrected chi connectivity index (χ0v) is 19.6. The largest absolute Gasteiger partial charge is 0.356 e. The van der Waals surface area contributed by atoms with E-state index < -0.39 is 60.5 Å². The topological polar surface area (TPSA) is 118 Å². The molecule has 8 nitrogen and oxygen atoms in total. The van der Waals surface area contributed by atoms with Crippen molar-refractivity contribution in [1.29, 1.82) is 5.26 Å². The van der Waals surface area contributed by atoms with Gasteiger partial charge in [-0.2, -0.15) is 5.26 Å². The van der Waals surface area contributed by atoms with E-state index in [1.54, 1.807) is 0 Å². The van der Waals surface area contributed by atoms with E-state index in [0.717, 1.165) is 4.90 Å². The molecule has 4 fully saturated rings. The smallest absolute Gasteiger partial charge is 0.271 e. The zero-order valence-electron chi connectivity index (χ0n) is 19.6. The first kappa shape index (κ1) is 25.0. The fourth-order valence-corrected chi connectivity index (χ4v) is 5.98. The van der Waals surface area contributed by atoms with Gasteiger partial charge in [0.1, 0.15) is 17.8 Å². The Morgan fingerprint density at radius 3 is 2.68 bits per heavy atom. The van der Waals surface area contributed by atoms with Gasteiger partial charge >= 0.3 is 0 Å². The summed E-state index contributed by atoms with van der Waals surface area (Å²) in [6, 6.07) is 3.75. The molecule has 2 aromatic rings. The van der Waals surface area contributed by atoms with E-state index in [-0.39, 0.29) is 47.3 Å². The first-order chi connectivity index (χ1) is 17.6. The van der Waals surface area contributed by atoms with Crippen LogP contribution in [0.15, 0.2) is 24.3 Å². The number of H-pyrrole nitrogens is 1. The highest BCUT2D eigenvalue weighted by molar-refractivity contribution is 6.01. The van der Waals surface area contributed by atoms with Crippen LogP contribution in [-0.2, 0) is 9.59 Å². The minimum absolute atomic E-state index is 0.0179. The molecule has 2 bridgehead atoms. The summed E-state index contributed by atoms with van der Waals surface area (Å²) in [5.74, 6) is -7.02. The third kappa shape index (κ3) is 4.40. The van der Waals surface area contributed by atoms with Crippen molar-refractivity contribution in [1.82, 2.24) is 20.5 Å². The van der Waals surface area contributed by atoms with Crippen molar-refractivity contribution >= 4 is 28.6 Å². The van der Waals surface area contributed by atoms with E-state index >= 15 is 0 Å². The lowest BCUT2D eigenvalue weighted by Crippen LogP contribution is -2.68. The minimum Gasteiger partial charge on any atom is -0.356 e. The molecule has 196 valence electrons. The van der Waals surface area contributed by atoms with Crippen molar-refractivity contribution in [3.8, 4) is 6.07 Å². The fourth-order valence-electron chi connectivity index (χ4n) is 5.98. The number of aromatic nitrogens is 1. The molecule has 3 aliphatic heterocycles. The van der Waals surface area contributed by atoms with Crippen LogP contribution in [0, 0.1) is 23.2 Å². The average Bonchev–Trinajstić information content (AvgIpc) is 3.47. The lowest BCUT2D eigenvalue weighted by atomic mass is 9.71. The summed E-state index contributed by atoms with van der Waals surface area (Å²) in [7, 11) is 0. The summed E-state index contributed by atoms with van der Waals surface area (Å²) in [6.45, 7) is 0.453. The van der Waals surface area contributed by atoms with Gasteiger partial charge in [-0.15, -0.1) is 0 Å². The Morgan fingerprint density at radius 2 is 2.03 bits per heavy atom. The molecule has 3 saturated heterocycles. The number of amides is 3. The lowest BCUT2D eigenvalue weighted by molar-refractivity contribution is -0.179. The van der Waals surface area contributed by atoms with E-state index in [9.17, 15) is 37.2 Å². The number of nitrogens with one attached hydrogen (secondary N) is 3. The number of aromatic amines is 1. The molecular weight excluding hydrogens is 494 g/mol. The van der Waals surface area contributed by atoms with E-state index in [1.807, 2.05) is 6.07 Å². The van der Waals surface area contributed by atoms with Crippen molar-refractivity contribution in [2.45, 2.75) is 62.6 Å². The summed E-state index contributed by atoms with van der Waals surface area (Å²) in [5, 5.41) is 14.8. The molecule has 37 heavy (non-hydrogen) atoms. The van der Waals surface area contributed by atoms with Crippen molar-refractivity contribution < 1.29 is 31.9 Å². The molecule has 3 amide bonds. The van der Waals surface area contributed by atoms with Crippen LogP contribution in [0.3, 0.4) is 0 Å². The van der Waals surface area contributed by atoms with Crippen LogP contribution < -0.4 is 10.6 Å². The number of carbonyl (C=O) groups excluding carboxylic acids is 3. The quantitative estimate of drug-likeness (QED) is 0.508. The summed E-state index contributed by atoms with van der Waals surface area (Å²) >= 11 is 0. The number of halogens is 4. The second-order valence-corrected chi connectivity index (χ2v) is 9.95. The van der Waals surface area contributed by atoms with Gasteiger partial charge < -0.3 is 20.5 Å². The molecule has 4 heterocycles. The number of piperidine rings is 2. The van der Waals surface area contributed by atoms with Crippen LogP contribution in [0.2, 0.25) is 0 Å². The van der Waals surface area contributed by atoms with E-state index in [0.29, 0.717) is 13.0 Å². The maximum absolute atomic E-state index is 14.9. The van der Waals surface area contributed by atoms with Gasteiger partial charge in [0.25, 0.3) is 18.3 Å². The first-order valence-electron chi connectivity index (χ1n) is 12.2. The normalized spacial score (nSPS) is 27.2. The SMILES string of the molecule is N#C[C@H](C[C@@H]1CCNC1=O)NC(=O)[C@H]1[C@@H]2CC[C@@H](CC2(F)F)N1C(=O)c1cc2c(C(F)F)cccc2[nH]1.